The van der Waals surface area contributed by atoms with Crippen molar-refractivity contribution in [2.24, 2.45) is 0 Å². The van der Waals surface area contributed by atoms with Crippen molar-refractivity contribution < 1.29 is 4.79 Å². The third kappa shape index (κ3) is 5.34. The molecule has 0 aliphatic rings. The Morgan fingerprint density at radius 2 is 1.64 bits per heavy atom. The Hall–Kier alpha value is -1.11. The Morgan fingerprint density at radius 3 is 2.09 bits per heavy atom. The molecule has 0 atom stereocenters. The third-order valence-corrected chi connectivity index (χ3v) is 1.22. The molecule has 0 heterocycles. The van der Waals surface area contributed by atoms with Crippen molar-refractivity contribution in [3.8, 4) is 0 Å². The van der Waals surface area contributed by atoms with Gasteiger partial charge in [-0.15, -0.1) is 0 Å². The standard InChI is InChI=1S/C10H14O/c1-4-5-9(2)6-7-10(3)8-11/h4-8H,1-3H3/b5-4-,9-6-,10-7+. The summed E-state index contributed by atoms with van der Waals surface area (Å²) in [5, 5.41) is 0. The lowest BCUT2D eigenvalue weighted by molar-refractivity contribution is -0.104. The van der Waals surface area contributed by atoms with E-state index in [-0.39, 0.29) is 0 Å². The van der Waals surface area contributed by atoms with Crippen molar-refractivity contribution in [1.29, 1.82) is 0 Å². The van der Waals surface area contributed by atoms with Gasteiger partial charge in [-0.25, -0.2) is 0 Å². The lowest BCUT2D eigenvalue weighted by atomic mass is 10.2. The quantitative estimate of drug-likeness (QED) is 0.343. The summed E-state index contributed by atoms with van der Waals surface area (Å²) >= 11 is 0. The molecule has 1 heteroatoms. The summed E-state index contributed by atoms with van der Waals surface area (Å²) in [5.41, 5.74) is 1.89. The molecule has 0 rings (SSSR count). The molecule has 0 saturated heterocycles. The van der Waals surface area contributed by atoms with Gasteiger partial charge in [0, 0.05) is 0 Å². The van der Waals surface area contributed by atoms with Crippen LogP contribution in [0.15, 0.2) is 35.5 Å². The Morgan fingerprint density at radius 1 is 1.09 bits per heavy atom. The molecule has 0 aliphatic heterocycles. The second-order valence-electron chi connectivity index (χ2n) is 2.44. The number of rotatable bonds is 3. The van der Waals surface area contributed by atoms with Crippen LogP contribution in [0.1, 0.15) is 20.8 Å². The van der Waals surface area contributed by atoms with Gasteiger partial charge in [0.15, 0.2) is 0 Å². The Kier molecular flexibility index (Phi) is 5.09. The first-order chi connectivity index (χ1) is 5.20. The van der Waals surface area contributed by atoms with E-state index in [1.54, 1.807) is 6.92 Å². The summed E-state index contributed by atoms with van der Waals surface area (Å²) < 4.78 is 0. The van der Waals surface area contributed by atoms with Crippen molar-refractivity contribution in [1.82, 2.24) is 0 Å². The highest BCUT2D eigenvalue weighted by Gasteiger charge is 1.80. The predicted octanol–water partition coefficient (Wildman–Crippen LogP) is 2.65. The normalized spacial score (nSPS) is 14.1. The van der Waals surface area contributed by atoms with Crippen molar-refractivity contribution in [2.75, 3.05) is 0 Å². The van der Waals surface area contributed by atoms with Gasteiger partial charge in [0.25, 0.3) is 0 Å². The smallest absolute Gasteiger partial charge is 0.145 e. The number of hydrogen-bond acceptors (Lipinski definition) is 1. The zero-order chi connectivity index (χ0) is 8.69. The molecular weight excluding hydrogens is 136 g/mol. The lowest BCUT2D eigenvalue weighted by Gasteiger charge is -1.86. The molecular formula is C10H14O. The average Bonchev–Trinajstić information content (AvgIpc) is 2.01. The van der Waals surface area contributed by atoms with E-state index in [0.717, 1.165) is 17.4 Å². The van der Waals surface area contributed by atoms with E-state index in [4.69, 9.17) is 0 Å². The molecule has 1 nitrogen and oxygen atoms in total. The maximum absolute atomic E-state index is 10.2. The van der Waals surface area contributed by atoms with Gasteiger partial charge in [-0.2, -0.15) is 0 Å². The average molecular weight is 150 g/mol. The van der Waals surface area contributed by atoms with Gasteiger partial charge in [-0.3, -0.25) is 4.79 Å². The lowest BCUT2D eigenvalue weighted by Crippen LogP contribution is -1.73. The molecule has 0 saturated carbocycles. The maximum atomic E-state index is 10.2. The molecule has 0 spiro atoms. The van der Waals surface area contributed by atoms with Crippen LogP contribution in [0, 0.1) is 0 Å². The first-order valence-corrected chi connectivity index (χ1v) is 3.63. The largest absolute Gasteiger partial charge is 0.298 e. The zero-order valence-electron chi connectivity index (χ0n) is 7.29. The summed E-state index contributed by atoms with van der Waals surface area (Å²) in [6, 6.07) is 0. The highest BCUT2D eigenvalue weighted by molar-refractivity contribution is 5.72. The van der Waals surface area contributed by atoms with E-state index < -0.39 is 0 Å². The molecule has 60 valence electrons. The van der Waals surface area contributed by atoms with Crippen LogP contribution in [0.2, 0.25) is 0 Å². The van der Waals surface area contributed by atoms with E-state index in [1.165, 1.54) is 0 Å². The van der Waals surface area contributed by atoms with Crippen LogP contribution in [0.25, 0.3) is 0 Å². The highest BCUT2D eigenvalue weighted by Crippen LogP contribution is 1.96. The second-order valence-corrected chi connectivity index (χ2v) is 2.44. The second kappa shape index (κ2) is 5.66. The van der Waals surface area contributed by atoms with Crippen LogP contribution in [0.4, 0.5) is 0 Å². The van der Waals surface area contributed by atoms with Gasteiger partial charge in [-0.1, -0.05) is 29.9 Å². The van der Waals surface area contributed by atoms with Gasteiger partial charge in [0.1, 0.15) is 6.29 Å². The fourth-order valence-corrected chi connectivity index (χ4v) is 0.621. The van der Waals surface area contributed by atoms with Crippen molar-refractivity contribution in [3.63, 3.8) is 0 Å². The topological polar surface area (TPSA) is 17.1 Å². The Balaban J connectivity index is 4.21. The van der Waals surface area contributed by atoms with E-state index in [9.17, 15) is 4.79 Å². The minimum Gasteiger partial charge on any atom is -0.298 e. The molecule has 0 fully saturated rings. The third-order valence-electron chi connectivity index (χ3n) is 1.22. The minimum atomic E-state index is 0.744. The van der Waals surface area contributed by atoms with Crippen LogP contribution in [-0.4, -0.2) is 6.29 Å². The molecule has 0 bridgehead atoms. The number of aldehydes is 1. The number of hydrogen-bond donors (Lipinski definition) is 0. The van der Waals surface area contributed by atoms with Gasteiger partial charge >= 0.3 is 0 Å². The minimum absolute atomic E-state index is 0.744. The van der Waals surface area contributed by atoms with E-state index in [1.807, 2.05) is 38.2 Å². The summed E-state index contributed by atoms with van der Waals surface area (Å²) in [7, 11) is 0. The van der Waals surface area contributed by atoms with Crippen LogP contribution < -0.4 is 0 Å². The van der Waals surface area contributed by atoms with Crippen LogP contribution in [0.3, 0.4) is 0 Å². The van der Waals surface area contributed by atoms with Gasteiger partial charge in [0.05, 0.1) is 0 Å². The predicted molar refractivity (Wildman–Crippen MR) is 48.4 cm³/mol. The summed E-state index contributed by atoms with van der Waals surface area (Å²) in [6.07, 6.45) is 8.54. The molecule has 0 unspecified atom stereocenters. The monoisotopic (exact) mass is 150 g/mol. The molecule has 11 heavy (non-hydrogen) atoms. The van der Waals surface area contributed by atoms with E-state index in [2.05, 4.69) is 0 Å². The molecule has 0 aromatic carbocycles. The van der Waals surface area contributed by atoms with Gasteiger partial charge in [0.2, 0.25) is 0 Å². The van der Waals surface area contributed by atoms with Crippen molar-refractivity contribution in [3.05, 3.63) is 35.5 Å². The molecule has 0 aliphatic carbocycles. The summed E-state index contributed by atoms with van der Waals surface area (Å²) in [5.74, 6) is 0. The van der Waals surface area contributed by atoms with Crippen LogP contribution in [0.5, 0.6) is 0 Å². The molecule has 0 aromatic heterocycles. The van der Waals surface area contributed by atoms with Gasteiger partial charge in [-0.05, 0) is 26.3 Å². The number of allylic oxidation sites excluding steroid dienone is 6. The van der Waals surface area contributed by atoms with Crippen molar-refractivity contribution in [2.45, 2.75) is 20.8 Å². The number of carbonyl (C=O) groups is 1. The van der Waals surface area contributed by atoms with Crippen LogP contribution >= 0.6 is 0 Å². The molecule has 0 amide bonds. The molecule has 0 N–H and O–H groups in total. The number of carbonyl (C=O) groups excluding carboxylic acids is 1. The van der Waals surface area contributed by atoms with E-state index in [0.29, 0.717) is 0 Å². The fraction of sp³-hybridized carbons (Fsp3) is 0.300. The highest BCUT2D eigenvalue weighted by atomic mass is 16.1. The molecule has 0 aromatic rings. The first-order valence-electron chi connectivity index (χ1n) is 3.63. The maximum Gasteiger partial charge on any atom is 0.145 e. The Labute approximate surface area is 68.1 Å². The Bertz CT molecular complexity index is 207. The van der Waals surface area contributed by atoms with Crippen LogP contribution in [-0.2, 0) is 4.79 Å². The SMILES string of the molecule is C\C=C/C(C)=C\C=C(/C)C=O. The zero-order valence-corrected chi connectivity index (χ0v) is 7.29. The summed E-state index contributed by atoms with van der Waals surface area (Å²) in [4.78, 5) is 10.2. The first kappa shape index (κ1) is 9.89. The van der Waals surface area contributed by atoms with E-state index >= 15 is 0 Å². The summed E-state index contributed by atoms with van der Waals surface area (Å²) in [6.45, 7) is 5.74. The van der Waals surface area contributed by atoms with Gasteiger partial charge < -0.3 is 0 Å². The molecule has 0 radical (unpaired) electrons. The van der Waals surface area contributed by atoms with Crippen molar-refractivity contribution >= 4 is 6.29 Å². The fourth-order valence-electron chi connectivity index (χ4n) is 0.621.